The zero-order chi connectivity index (χ0) is 18.3. The SMILES string of the molecule is CCc1nncn1CCNC(=NC)NCC1(N(C)C)CCCC(C)C1. The van der Waals surface area contributed by atoms with Crippen LogP contribution in [0.4, 0.5) is 0 Å². The molecular weight excluding hydrogens is 314 g/mol. The quantitative estimate of drug-likeness (QED) is 0.577. The molecule has 1 saturated carbocycles. The molecule has 2 N–H and O–H groups in total. The van der Waals surface area contributed by atoms with Crippen LogP contribution in [-0.4, -0.2) is 65.4 Å². The summed E-state index contributed by atoms with van der Waals surface area (Å²) in [5.74, 6) is 2.67. The van der Waals surface area contributed by atoms with Crippen molar-refractivity contribution in [1.82, 2.24) is 30.3 Å². The summed E-state index contributed by atoms with van der Waals surface area (Å²) >= 11 is 0. The highest BCUT2D eigenvalue weighted by Gasteiger charge is 2.36. The van der Waals surface area contributed by atoms with E-state index in [1.165, 1.54) is 25.7 Å². The standard InChI is InChI=1S/C18H35N7/c1-6-16-23-22-14-25(16)11-10-20-17(19-3)21-13-18(24(4)5)9-7-8-15(2)12-18/h14-15H,6-13H2,1-5H3,(H2,19,20,21). The largest absolute Gasteiger partial charge is 0.355 e. The van der Waals surface area contributed by atoms with E-state index in [4.69, 9.17) is 0 Å². The number of likely N-dealkylation sites (N-methyl/N-ethyl adjacent to an activating group) is 1. The fourth-order valence-electron chi connectivity index (χ4n) is 3.86. The molecule has 1 heterocycles. The van der Waals surface area contributed by atoms with E-state index in [9.17, 15) is 0 Å². The first-order chi connectivity index (χ1) is 12.0. The fraction of sp³-hybridized carbons (Fsp3) is 0.833. The Hall–Kier alpha value is -1.63. The van der Waals surface area contributed by atoms with Crippen molar-refractivity contribution < 1.29 is 0 Å². The molecule has 0 spiro atoms. The number of aryl methyl sites for hydroxylation is 1. The number of hydrogen-bond donors (Lipinski definition) is 2. The summed E-state index contributed by atoms with van der Waals surface area (Å²) in [6.45, 7) is 7.04. The number of aromatic nitrogens is 3. The molecule has 0 amide bonds. The van der Waals surface area contributed by atoms with E-state index in [-0.39, 0.29) is 5.54 Å². The molecule has 142 valence electrons. The minimum Gasteiger partial charge on any atom is -0.355 e. The lowest BCUT2D eigenvalue weighted by Crippen LogP contribution is -2.56. The summed E-state index contributed by atoms with van der Waals surface area (Å²) in [6.07, 6.45) is 7.83. The normalized spacial score (nSPS) is 24.6. The van der Waals surface area contributed by atoms with Crippen LogP contribution in [0.25, 0.3) is 0 Å². The first kappa shape index (κ1) is 19.7. The maximum Gasteiger partial charge on any atom is 0.191 e. The maximum absolute atomic E-state index is 4.38. The molecule has 1 aromatic heterocycles. The van der Waals surface area contributed by atoms with Crippen LogP contribution in [0.2, 0.25) is 0 Å². The molecule has 0 aromatic carbocycles. The average Bonchev–Trinajstić information content (AvgIpc) is 3.05. The lowest BCUT2D eigenvalue weighted by molar-refractivity contribution is 0.0796. The summed E-state index contributed by atoms with van der Waals surface area (Å²) in [4.78, 5) is 6.78. The molecule has 1 aliphatic carbocycles. The molecule has 1 aliphatic rings. The number of aliphatic imine (C=N–C) groups is 1. The Morgan fingerprint density at radius 2 is 2.24 bits per heavy atom. The highest BCUT2D eigenvalue weighted by molar-refractivity contribution is 5.79. The van der Waals surface area contributed by atoms with Gasteiger partial charge in [0.25, 0.3) is 0 Å². The third kappa shape index (κ3) is 5.17. The van der Waals surface area contributed by atoms with E-state index in [1.807, 2.05) is 7.05 Å². The van der Waals surface area contributed by atoms with Gasteiger partial charge in [-0.3, -0.25) is 4.99 Å². The second-order valence-electron chi connectivity index (χ2n) is 7.47. The Morgan fingerprint density at radius 1 is 1.44 bits per heavy atom. The van der Waals surface area contributed by atoms with Crippen molar-refractivity contribution in [1.29, 1.82) is 0 Å². The number of nitrogens with zero attached hydrogens (tertiary/aromatic N) is 5. The van der Waals surface area contributed by atoms with Crippen LogP contribution in [0, 0.1) is 5.92 Å². The van der Waals surface area contributed by atoms with E-state index in [2.05, 4.69) is 63.2 Å². The minimum atomic E-state index is 0.221. The number of rotatable bonds is 7. The van der Waals surface area contributed by atoms with Crippen molar-refractivity contribution >= 4 is 5.96 Å². The van der Waals surface area contributed by atoms with Crippen molar-refractivity contribution in [3.63, 3.8) is 0 Å². The zero-order valence-corrected chi connectivity index (χ0v) is 16.5. The van der Waals surface area contributed by atoms with E-state index in [0.717, 1.165) is 43.8 Å². The van der Waals surface area contributed by atoms with E-state index >= 15 is 0 Å². The summed E-state index contributed by atoms with van der Waals surface area (Å²) in [5, 5.41) is 15.1. The predicted octanol–water partition coefficient (Wildman–Crippen LogP) is 1.52. The summed E-state index contributed by atoms with van der Waals surface area (Å²) < 4.78 is 2.09. The molecule has 2 unspecified atom stereocenters. The lowest BCUT2D eigenvalue weighted by Gasteiger charge is -2.45. The van der Waals surface area contributed by atoms with Gasteiger partial charge in [-0.25, -0.2) is 0 Å². The number of hydrogen-bond acceptors (Lipinski definition) is 4. The number of guanidine groups is 1. The number of nitrogens with one attached hydrogen (secondary N) is 2. The van der Waals surface area contributed by atoms with Gasteiger partial charge in [-0.2, -0.15) is 0 Å². The van der Waals surface area contributed by atoms with Crippen molar-refractivity contribution in [3.8, 4) is 0 Å². The van der Waals surface area contributed by atoms with Gasteiger partial charge in [0.15, 0.2) is 5.96 Å². The molecule has 2 atom stereocenters. The van der Waals surface area contributed by atoms with Crippen molar-refractivity contribution in [2.75, 3.05) is 34.2 Å². The van der Waals surface area contributed by atoms with E-state index in [0.29, 0.717) is 0 Å². The first-order valence-corrected chi connectivity index (χ1v) is 9.49. The molecule has 25 heavy (non-hydrogen) atoms. The van der Waals surface area contributed by atoms with E-state index in [1.54, 1.807) is 6.33 Å². The van der Waals surface area contributed by atoms with Gasteiger partial charge in [-0.05, 0) is 32.9 Å². The molecule has 0 bridgehead atoms. The molecule has 0 radical (unpaired) electrons. The second kappa shape index (κ2) is 9.17. The Kier molecular flexibility index (Phi) is 7.23. The van der Waals surface area contributed by atoms with Gasteiger partial charge in [-0.15, -0.1) is 10.2 Å². The van der Waals surface area contributed by atoms with Crippen molar-refractivity contribution in [2.24, 2.45) is 10.9 Å². The molecule has 0 aliphatic heterocycles. The van der Waals surface area contributed by atoms with Crippen LogP contribution in [0.15, 0.2) is 11.3 Å². The smallest absolute Gasteiger partial charge is 0.191 e. The van der Waals surface area contributed by atoms with Gasteiger partial charge in [-0.1, -0.05) is 26.7 Å². The van der Waals surface area contributed by atoms with Crippen LogP contribution in [0.5, 0.6) is 0 Å². The summed E-state index contributed by atoms with van der Waals surface area (Å²) in [6, 6.07) is 0. The average molecular weight is 350 g/mol. The second-order valence-corrected chi connectivity index (χ2v) is 7.47. The van der Waals surface area contributed by atoms with E-state index < -0.39 is 0 Å². The first-order valence-electron chi connectivity index (χ1n) is 9.49. The highest BCUT2D eigenvalue weighted by atomic mass is 15.3. The molecule has 7 heteroatoms. The fourth-order valence-corrected chi connectivity index (χ4v) is 3.86. The summed E-state index contributed by atoms with van der Waals surface area (Å²) in [7, 11) is 6.24. The Bertz CT molecular complexity index is 551. The molecule has 7 nitrogen and oxygen atoms in total. The van der Waals surface area contributed by atoms with Crippen LogP contribution < -0.4 is 10.6 Å². The molecule has 1 aromatic rings. The van der Waals surface area contributed by atoms with Gasteiger partial charge in [0, 0.05) is 38.6 Å². The van der Waals surface area contributed by atoms with Crippen LogP contribution >= 0.6 is 0 Å². The maximum atomic E-state index is 4.38. The summed E-state index contributed by atoms with van der Waals surface area (Å²) in [5.41, 5.74) is 0.221. The Balaban J connectivity index is 1.84. The highest BCUT2D eigenvalue weighted by Crippen LogP contribution is 2.35. The minimum absolute atomic E-state index is 0.221. The third-order valence-electron chi connectivity index (χ3n) is 5.48. The Morgan fingerprint density at radius 3 is 2.88 bits per heavy atom. The van der Waals surface area contributed by atoms with Gasteiger partial charge in [0.2, 0.25) is 0 Å². The van der Waals surface area contributed by atoms with Crippen molar-refractivity contribution in [3.05, 3.63) is 12.2 Å². The molecule has 1 fully saturated rings. The molecule has 2 rings (SSSR count). The third-order valence-corrected chi connectivity index (χ3v) is 5.48. The lowest BCUT2D eigenvalue weighted by atomic mass is 9.75. The van der Waals surface area contributed by atoms with Crippen molar-refractivity contribution in [2.45, 2.75) is 58.0 Å². The zero-order valence-electron chi connectivity index (χ0n) is 16.5. The van der Waals surface area contributed by atoms with Gasteiger partial charge < -0.3 is 20.1 Å². The van der Waals surface area contributed by atoms with Gasteiger partial charge in [0.1, 0.15) is 12.2 Å². The van der Waals surface area contributed by atoms with Crippen LogP contribution in [0.3, 0.4) is 0 Å². The van der Waals surface area contributed by atoms with Crippen LogP contribution in [-0.2, 0) is 13.0 Å². The topological polar surface area (TPSA) is 70.4 Å². The van der Waals surface area contributed by atoms with Crippen LogP contribution in [0.1, 0.15) is 45.4 Å². The Labute approximate surface area is 152 Å². The van der Waals surface area contributed by atoms with Gasteiger partial charge >= 0.3 is 0 Å². The van der Waals surface area contributed by atoms with Gasteiger partial charge in [0.05, 0.1) is 0 Å². The molecular formula is C18H35N7. The predicted molar refractivity (Wildman–Crippen MR) is 103 cm³/mol. The monoisotopic (exact) mass is 349 g/mol. The molecule has 0 saturated heterocycles.